The van der Waals surface area contributed by atoms with E-state index in [1.54, 1.807) is 6.08 Å². The van der Waals surface area contributed by atoms with Gasteiger partial charge in [0.05, 0.1) is 6.10 Å². The van der Waals surface area contributed by atoms with Crippen LogP contribution in [0.3, 0.4) is 0 Å². The molecular weight excluding hydrogens is 584 g/mol. The van der Waals surface area contributed by atoms with Gasteiger partial charge in [-0.05, 0) is 77.7 Å². The second kappa shape index (κ2) is 14.7. The number of allylic oxidation sites excluding steroid dienone is 1. The number of esters is 2. The number of benzene rings is 2. The van der Waals surface area contributed by atoms with Crippen LogP contribution in [0.2, 0.25) is 0 Å². The molecule has 9 atom stereocenters. The molecule has 0 saturated heterocycles. The van der Waals surface area contributed by atoms with Crippen molar-refractivity contribution in [2.24, 2.45) is 41.4 Å². The van der Waals surface area contributed by atoms with Crippen LogP contribution in [0.5, 0.6) is 0 Å². The van der Waals surface area contributed by atoms with E-state index < -0.39 is 29.9 Å². The molecule has 256 valence electrons. The van der Waals surface area contributed by atoms with Crippen molar-refractivity contribution in [2.75, 3.05) is 0 Å². The van der Waals surface area contributed by atoms with Gasteiger partial charge in [-0.2, -0.15) is 0 Å². The van der Waals surface area contributed by atoms with E-state index >= 15 is 0 Å². The van der Waals surface area contributed by atoms with Gasteiger partial charge >= 0.3 is 11.9 Å². The zero-order valence-electron chi connectivity index (χ0n) is 29.7. The van der Waals surface area contributed by atoms with Crippen molar-refractivity contribution in [3.8, 4) is 0 Å². The predicted molar refractivity (Wildman–Crippen MR) is 188 cm³/mol. The Balaban J connectivity index is 1.43. The van der Waals surface area contributed by atoms with E-state index in [0.717, 1.165) is 38.5 Å². The molecule has 2 aromatic carbocycles. The molecule has 5 rings (SSSR count). The third kappa shape index (κ3) is 7.88. The van der Waals surface area contributed by atoms with Gasteiger partial charge in [0, 0.05) is 11.8 Å². The van der Waals surface area contributed by atoms with Crippen molar-refractivity contribution >= 4 is 11.9 Å². The van der Waals surface area contributed by atoms with Gasteiger partial charge in [-0.25, -0.2) is 0 Å². The molecule has 0 bridgehead atoms. The fourth-order valence-electron chi connectivity index (χ4n) is 9.08. The molecule has 5 heteroatoms. The third-order valence-electron chi connectivity index (χ3n) is 12.3. The van der Waals surface area contributed by atoms with Gasteiger partial charge in [0.15, 0.2) is 5.92 Å². The van der Waals surface area contributed by atoms with Crippen LogP contribution < -0.4 is 0 Å². The number of carbonyl (C=O) groups excluding carboxylic acids is 2. The molecule has 0 unspecified atom stereocenters. The zero-order chi connectivity index (χ0) is 33.9. The van der Waals surface area contributed by atoms with Crippen LogP contribution in [-0.4, -0.2) is 35.4 Å². The lowest BCUT2D eigenvalue weighted by Gasteiger charge is -2.45. The normalized spacial score (nSPS) is 31.7. The fraction of sp³-hybridized carbons (Fsp3) is 0.619. The molecule has 3 aliphatic rings. The predicted octanol–water partition coefficient (Wildman–Crippen LogP) is 8.83. The molecular formula is C42H58O5. The molecule has 0 aromatic heterocycles. The highest BCUT2D eigenvalue weighted by Crippen LogP contribution is 2.46. The number of carbonyl (C=O) groups is 2. The molecule has 2 saturated carbocycles. The average molecular weight is 643 g/mol. The lowest BCUT2D eigenvalue weighted by atomic mass is 9.64. The third-order valence-corrected chi connectivity index (χ3v) is 12.3. The minimum Gasteiger partial charge on any atom is -0.461 e. The van der Waals surface area contributed by atoms with E-state index in [1.807, 2.05) is 25.1 Å². The molecule has 5 nitrogen and oxygen atoms in total. The Hall–Kier alpha value is -2.92. The highest BCUT2D eigenvalue weighted by molar-refractivity contribution is 5.95. The van der Waals surface area contributed by atoms with Crippen molar-refractivity contribution < 1.29 is 24.2 Å². The van der Waals surface area contributed by atoms with Crippen LogP contribution in [0.1, 0.15) is 105 Å². The van der Waals surface area contributed by atoms with Gasteiger partial charge in [0.1, 0.15) is 12.2 Å². The summed E-state index contributed by atoms with van der Waals surface area (Å²) in [5, 5.41) is 10.7. The van der Waals surface area contributed by atoms with Crippen LogP contribution in [0, 0.1) is 41.4 Å². The first-order chi connectivity index (χ1) is 22.3. The summed E-state index contributed by atoms with van der Waals surface area (Å²) in [5.74, 6) is -1.49. The molecule has 0 aliphatic heterocycles. The van der Waals surface area contributed by atoms with E-state index in [2.05, 4.69) is 90.1 Å². The van der Waals surface area contributed by atoms with Crippen LogP contribution in [0.4, 0.5) is 0 Å². The maximum Gasteiger partial charge on any atom is 0.320 e. The van der Waals surface area contributed by atoms with Crippen molar-refractivity contribution in [3.63, 3.8) is 0 Å². The summed E-state index contributed by atoms with van der Waals surface area (Å²) < 4.78 is 13.1. The Labute approximate surface area is 283 Å². The van der Waals surface area contributed by atoms with E-state index in [-0.39, 0.29) is 40.8 Å². The minimum atomic E-state index is -1.10. The highest BCUT2D eigenvalue weighted by atomic mass is 16.6. The number of hydrogen-bond acceptors (Lipinski definition) is 5. The largest absolute Gasteiger partial charge is 0.461 e. The van der Waals surface area contributed by atoms with Crippen LogP contribution in [0.15, 0.2) is 72.8 Å². The fourth-order valence-corrected chi connectivity index (χ4v) is 9.08. The second-order valence-electron chi connectivity index (χ2n) is 16.4. The van der Waals surface area contributed by atoms with E-state index in [0.29, 0.717) is 18.3 Å². The van der Waals surface area contributed by atoms with E-state index in [1.165, 1.54) is 11.1 Å². The SMILES string of the molecule is C[C@@H]1CC[C@@H](C(C)(C)c2ccccc2)[C@H](OC(=O)C(C(=O)O[C@@H]2C[C@H](C)CC[C@H]2C(C)(C)c2ccccc2)[C@H]2C[C@@H](O)C=C[C@H]2C)C1. The zero-order valence-corrected chi connectivity index (χ0v) is 29.7. The maximum atomic E-state index is 14.5. The smallest absolute Gasteiger partial charge is 0.320 e. The summed E-state index contributed by atoms with van der Waals surface area (Å²) in [4.78, 5) is 29.0. The summed E-state index contributed by atoms with van der Waals surface area (Å²) in [7, 11) is 0. The van der Waals surface area contributed by atoms with Gasteiger partial charge in [-0.3, -0.25) is 9.59 Å². The Kier molecular flexibility index (Phi) is 11.1. The molecule has 2 fully saturated rings. The topological polar surface area (TPSA) is 72.8 Å². The molecule has 0 radical (unpaired) electrons. The standard InChI is InChI=1S/C42H58O5/c1-27-18-22-34(41(4,5)30-14-10-8-11-15-30)36(24-27)46-39(44)38(33-26-32(43)21-20-29(33)3)40(45)47-37-25-28(2)19-23-35(37)42(6,7)31-16-12-9-13-17-31/h8-17,20-21,27-29,32-38,43H,18-19,22-26H2,1-7H3/t27-,28-,29-,32+,33+,34-,35-,36-,37-/m1/s1. The molecule has 3 aliphatic carbocycles. The lowest BCUT2D eigenvalue weighted by Crippen LogP contribution is -2.48. The Morgan fingerprint density at radius 3 is 1.51 bits per heavy atom. The molecule has 0 spiro atoms. The van der Waals surface area contributed by atoms with Crippen molar-refractivity contribution in [3.05, 3.63) is 83.9 Å². The summed E-state index contributed by atoms with van der Waals surface area (Å²) >= 11 is 0. The number of hydrogen-bond donors (Lipinski definition) is 1. The quantitative estimate of drug-likeness (QED) is 0.168. The van der Waals surface area contributed by atoms with Crippen molar-refractivity contribution in [1.82, 2.24) is 0 Å². The summed E-state index contributed by atoms with van der Waals surface area (Å²) in [5.41, 5.74) is 2.02. The molecule has 2 aromatic rings. The van der Waals surface area contributed by atoms with Gasteiger partial charge in [-0.1, -0.05) is 134 Å². The van der Waals surface area contributed by atoms with E-state index in [9.17, 15) is 14.7 Å². The number of aliphatic hydroxyl groups is 1. The van der Waals surface area contributed by atoms with E-state index in [4.69, 9.17) is 9.47 Å². The van der Waals surface area contributed by atoms with Crippen LogP contribution >= 0.6 is 0 Å². The monoisotopic (exact) mass is 642 g/mol. The minimum absolute atomic E-state index is 0.0767. The molecule has 0 heterocycles. The Morgan fingerprint density at radius 1 is 0.660 bits per heavy atom. The number of aliphatic hydroxyl groups excluding tert-OH is 1. The van der Waals surface area contributed by atoms with Gasteiger partial charge < -0.3 is 14.6 Å². The van der Waals surface area contributed by atoms with Crippen LogP contribution in [-0.2, 0) is 29.9 Å². The number of rotatable bonds is 9. The van der Waals surface area contributed by atoms with Crippen molar-refractivity contribution in [1.29, 1.82) is 0 Å². The summed E-state index contributed by atoms with van der Waals surface area (Å²) in [6.45, 7) is 15.5. The molecule has 1 N–H and O–H groups in total. The highest BCUT2D eigenvalue weighted by Gasteiger charge is 2.49. The average Bonchev–Trinajstić information content (AvgIpc) is 3.03. The first kappa shape index (κ1) is 35.4. The van der Waals surface area contributed by atoms with Gasteiger partial charge in [-0.15, -0.1) is 0 Å². The Bertz CT molecular complexity index is 1270. The van der Waals surface area contributed by atoms with Crippen LogP contribution in [0.25, 0.3) is 0 Å². The molecule has 47 heavy (non-hydrogen) atoms. The maximum absolute atomic E-state index is 14.5. The van der Waals surface area contributed by atoms with Gasteiger partial charge in [0.25, 0.3) is 0 Å². The first-order valence-corrected chi connectivity index (χ1v) is 18.2. The number of ether oxygens (including phenoxy) is 2. The second-order valence-corrected chi connectivity index (χ2v) is 16.4. The Morgan fingerprint density at radius 2 is 1.09 bits per heavy atom. The van der Waals surface area contributed by atoms with Crippen molar-refractivity contribution in [2.45, 2.75) is 123 Å². The summed E-state index contributed by atoms with van der Waals surface area (Å²) in [6.07, 6.45) is 8.30. The van der Waals surface area contributed by atoms with Gasteiger partial charge in [0.2, 0.25) is 0 Å². The lowest BCUT2D eigenvalue weighted by molar-refractivity contribution is -0.180. The first-order valence-electron chi connectivity index (χ1n) is 18.2. The summed E-state index contributed by atoms with van der Waals surface area (Å²) in [6, 6.07) is 21.0. The molecule has 0 amide bonds.